The van der Waals surface area contributed by atoms with Gasteiger partial charge in [-0.05, 0) is 25.6 Å². The van der Waals surface area contributed by atoms with Crippen molar-refractivity contribution in [2.45, 2.75) is 37.6 Å². The highest BCUT2D eigenvalue weighted by molar-refractivity contribution is 7.89. The fourth-order valence-corrected chi connectivity index (χ4v) is 3.32. The van der Waals surface area contributed by atoms with Crippen molar-refractivity contribution in [3.05, 3.63) is 28.5 Å². The molecule has 0 aliphatic heterocycles. The van der Waals surface area contributed by atoms with Crippen LogP contribution in [0.2, 0.25) is 5.02 Å². The van der Waals surface area contributed by atoms with Crippen LogP contribution in [0.4, 0.5) is 4.39 Å². The molecule has 114 valence electrons. The summed E-state index contributed by atoms with van der Waals surface area (Å²) in [5, 5.41) is 2.98. The number of halogens is 2. The van der Waals surface area contributed by atoms with Crippen molar-refractivity contribution in [2.75, 3.05) is 13.6 Å². The highest BCUT2D eigenvalue weighted by Gasteiger charge is 2.21. The summed E-state index contributed by atoms with van der Waals surface area (Å²) in [5.74, 6) is -0.758. The molecule has 0 amide bonds. The number of nitrogens with one attached hydrogen (secondary N) is 2. The summed E-state index contributed by atoms with van der Waals surface area (Å²) in [6, 6.07) is 2.56. The quantitative estimate of drug-likeness (QED) is 0.723. The zero-order valence-corrected chi connectivity index (χ0v) is 13.2. The number of benzene rings is 1. The van der Waals surface area contributed by atoms with Gasteiger partial charge in [-0.2, -0.15) is 0 Å². The van der Waals surface area contributed by atoms with E-state index in [1.165, 1.54) is 6.07 Å². The highest BCUT2D eigenvalue weighted by Crippen LogP contribution is 2.23. The summed E-state index contributed by atoms with van der Waals surface area (Å²) in [6.07, 6.45) is 2.63. The molecule has 0 unspecified atom stereocenters. The van der Waals surface area contributed by atoms with Gasteiger partial charge in [-0.1, -0.05) is 31.4 Å². The molecule has 0 radical (unpaired) electrons. The van der Waals surface area contributed by atoms with Crippen LogP contribution in [0.5, 0.6) is 0 Å². The molecule has 0 aliphatic carbocycles. The van der Waals surface area contributed by atoms with E-state index in [9.17, 15) is 12.8 Å². The minimum atomic E-state index is -3.87. The fourth-order valence-electron chi connectivity index (χ4n) is 1.79. The summed E-state index contributed by atoms with van der Waals surface area (Å²) in [7, 11) is -2.22. The van der Waals surface area contributed by atoms with Gasteiger partial charge in [-0.3, -0.25) is 0 Å². The first-order valence-corrected chi connectivity index (χ1v) is 8.40. The standard InChI is InChI=1S/C13H20ClFN2O2S/c1-3-4-5-6-17-20(18,19)12-8-11(14)7-10(9-16-2)13(12)15/h7-8,16-17H,3-6,9H2,1-2H3. The summed E-state index contributed by atoms with van der Waals surface area (Å²) in [5.41, 5.74) is 0.230. The van der Waals surface area contributed by atoms with Gasteiger partial charge in [0.1, 0.15) is 10.7 Å². The van der Waals surface area contributed by atoms with Crippen LogP contribution in [-0.2, 0) is 16.6 Å². The van der Waals surface area contributed by atoms with Crippen molar-refractivity contribution >= 4 is 21.6 Å². The number of rotatable bonds is 8. The van der Waals surface area contributed by atoms with Gasteiger partial charge in [0.25, 0.3) is 0 Å². The monoisotopic (exact) mass is 322 g/mol. The first-order chi connectivity index (χ1) is 9.42. The van der Waals surface area contributed by atoms with Gasteiger partial charge in [0, 0.05) is 23.7 Å². The van der Waals surface area contributed by atoms with Gasteiger partial charge >= 0.3 is 0 Å². The molecule has 2 N–H and O–H groups in total. The van der Waals surface area contributed by atoms with Gasteiger partial charge < -0.3 is 5.32 Å². The van der Waals surface area contributed by atoms with E-state index in [0.29, 0.717) is 6.54 Å². The zero-order chi connectivity index (χ0) is 15.2. The van der Waals surface area contributed by atoms with Crippen LogP contribution >= 0.6 is 11.6 Å². The van der Waals surface area contributed by atoms with Crippen LogP contribution in [0.3, 0.4) is 0 Å². The molecule has 0 aliphatic rings. The molecule has 1 aromatic rings. The predicted molar refractivity (Wildman–Crippen MR) is 78.9 cm³/mol. The second-order valence-corrected chi connectivity index (χ2v) is 6.68. The first kappa shape index (κ1) is 17.4. The number of hydrogen-bond acceptors (Lipinski definition) is 3. The molecule has 0 saturated carbocycles. The second kappa shape index (κ2) is 7.93. The van der Waals surface area contributed by atoms with Crippen molar-refractivity contribution < 1.29 is 12.8 Å². The van der Waals surface area contributed by atoms with E-state index in [1.54, 1.807) is 7.05 Å². The van der Waals surface area contributed by atoms with Gasteiger partial charge in [-0.25, -0.2) is 17.5 Å². The maximum atomic E-state index is 14.2. The summed E-state index contributed by atoms with van der Waals surface area (Å²) in [6.45, 7) is 2.53. The molecule has 0 saturated heterocycles. The number of hydrogen-bond donors (Lipinski definition) is 2. The van der Waals surface area contributed by atoms with E-state index in [-0.39, 0.29) is 17.1 Å². The molecular formula is C13H20ClFN2O2S. The molecule has 7 heteroatoms. The van der Waals surface area contributed by atoms with Crippen LogP contribution in [0.15, 0.2) is 17.0 Å². The molecule has 1 rings (SSSR count). The van der Waals surface area contributed by atoms with E-state index in [4.69, 9.17) is 11.6 Å². The Hall–Kier alpha value is -0.690. The van der Waals surface area contributed by atoms with Crippen LogP contribution < -0.4 is 10.0 Å². The van der Waals surface area contributed by atoms with E-state index in [0.717, 1.165) is 25.3 Å². The van der Waals surface area contributed by atoms with Crippen LogP contribution in [0.1, 0.15) is 31.7 Å². The maximum Gasteiger partial charge on any atom is 0.243 e. The third-order valence-corrected chi connectivity index (χ3v) is 4.49. The minimum absolute atomic E-state index is 0.200. The number of sulfonamides is 1. The minimum Gasteiger partial charge on any atom is -0.316 e. The molecule has 0 aromatic heterocycles. The van der Waals surface area contributed by atoms with E-state index >= 15 is 0 Å². The average molecular weight is 323 g/mol. The van der Waals surface area contributed by atoms with Crippen LogP contribution in [-0.4, -0.2) is 22.0 Å². The Labute approximate surface area is 124 Å². The Kier molecular flexibility index (Phi) is 6.88. The first-order valence-electron chi connectivity index (χ1n) is 6.54. The molecule has 0 bridgehead atoms. The Balaban J connectivity index is 2.99. The van der Waals surface area contributed by atoms with Crippen molar-refractivity contribution in [3.8, 4) is 0 Å². The number of unbranched alkanes of at least 4 members (excludes halogenated alkanes) is 2. The SMILES string of the molecule is CCCCCNS(=O)(=O)c1cc(Cl)cc(CNC)c1F. The van der Waals surface area contributed by atoms with E-state index in [2.05, 4.69) is 10.0 Å². The van der Waals surface area contributed by atoms with Crippen molar-refractivity contribution in [1.82, 2.24) is 10.0 Å². The largest absolute Gasteiger partial charge is 0.316 e. The van der Waals surface area contributed by atoms with Crippen LogP contribution in [0.25, 0.3) is 0 Å². The van der Waals surface area contributed by atoms with Crippen molar-refractivity contribution in [2.24, 2.45) is 0 Å². The van der Waals surface area contributed by atoms with E-state index < -0.39 is 20.7 Å². The molecule has 20 heavy (non-hydrogen) atoms. The van der Waals surface area contributed by atoms with Gasteiger partial charge in [0.05, 0.1) is 0 Å². The lowest BCUT2D eigenvalue weighted by atomic mass is 10.2. The molecule has 0 heterocycles. The van der Waals surface area contributed by atoms with Crippen LogP contribution in [0, 0.1) is 5.82 Å². The molecule has 0 fully saturated rings. The van der Waals surface area contributed by atoms with Gasteiger partial charge in [-0.15, -0.1) is 0 Å². The lowest BCUT2D eigenvalue weighted by Crippen LogP contribution is -2.26. The maximum absolute atomic E-state index is 14.2. The lowest BCUT2D eigenvalue weighted by Gasteiger charge is -2.11. The highest BCUT2D eigenvalue weighted by atomic mass is 35.5. The Morgan fingerprint density at radius 2 is 2.00 bits per heavy atom. The summed E-state index contributed by atoms with van der Waals surface area (Å²) < 4.78 is 40.8. The van der Waals surface area contributed by atoms with Gasteiger partial charge in [0.15, 0.2) is 0 Å². The van der Waals surface area contributed by atoms with E-state index in [1.807, 2.05) is 6.92 Å². The lowest BCUT2D eigenvalue weighted by molar-refractivity contribution is 0.544. The normalized spacial score (nSPS) is 11.8. The van der Waals surface area contributed by atoms with Crippen molar-refractivity contribution in [3.63, 3.8) is 0 Å². The fraction of sp³-hybridized carbons (Fsp3) is 0.538. The Morgan fingerprint density at radius 3 is 2.60 bits per heavy atom. The molecule has 0 spiro atoms. The zero-order valence-electron chi connectivity index (χ0n) is 11.7. The topological polar surface area (TPSA) is 58.2 Å². The predicted octanol–water partition coefficient (Wildman–Crippen LogP) is 2.67. The Morgan fingerprint density at radius 1 is 1.30 bits per heavy atom. The van der Waals surface area contributed by atoms with Crippen molar-refractivity contribution in [1.29, 1.82) is 0 Å². The second-order valence-electron chi connectivity index (χ2n) is 4.51. The van der Waals surface area contributed by atoms with Gasteiger partial charge in [0.2, 0.25) is 10.0 Å². The Bertz CT molecular complexity index is 550. The smallest absolute Gasteiger partial charge is 0.243 e. The third kappa shape index (κ3) is 4.70. The third-order valence-electron chi connectivity index (χ3n) is 2.81. The summed E-state index contributed by atoms with van der Waals surface area (Å²) >= 11 is 5.86. The molecule has 0 atom stereocenters. The molecular weight excluding hydrogens is 303 g/mol. The molecule has 4 nitrogen and oxygen atoms in total. The molecule has 1 aromatic carbocycles. The average Bonchev–Trinajstić information content (AvgIpc) is 2.39. The summed E-state index contributed by atoms with van der Waals surface area (Å²) in [4.78, 5) is -0.397.